The summed E-state index contributed by atoms with van der Waals surface area (Å²) in [6.07, 6.45) is 6.63. The summed E-state index contributed by atoms with van der Waals surface area (Å²) in [6, 6.07) is 14.3. The highest BCUT2D eigenvalue weighted by molar-refractivity contribution is 5.91. The molecule has 2 fully saturated rings. The first-order valence-electron chi connectivity index (χ1n) is 13.4. The molecule has 0 N–H and O–H groups in total. The number of ether oxygens (including phenoxy) is 1. The van der Waals surface area contributed by atoms with Gasteiger partial charge in [-0.05, 0) is 62.9 Å². The number of fused-ring (bicyclic) bond motifs is 1. The van der Waals surface area contributed by atoms with Gasteiger partial charge in [0, 0.05) is 62.7 Å². The lowest BCUT2D eigenvalue weighted by Gasteiger charge is -2.31. The number of anilines is 1. The maximum Gasteiger partial charge on any atom is 0.410 e. The van der Waals surface area contributed by atoms with E-state index >= 15 is 0 Å². The molecule has 1 aromatic carbocycles. The second-order valence-electron chi connectivity index (χ2n) is 10.4. The fraction of sp³-hybridized carbons (Fsp3) is 0.517. The van der Waals surface area contributed by atoms with Crippen LogP contribution in [0.4, 0.5) is 10.5 Å². The predicted octanol–water partition coefficient (Wildman–Crippen LogP) is 4.83. The Balaban J connectivity index is 1.24. The number of aromatic nitrogens is 2. The van der Waals surface area contributed by atoms with Crippen LogP contribution < -0.4 is 4.90 Å². The topological polar surface area (TPSA) is 53.8 Å². The van der Waals surface area contributed by atoms with Gasteiger partial charge in [0.05, 0.1) is 0 Å². The van der Waals surface area contributed by atoms with Gasteiger partial charge in [0.15, 0.2) is 0 Å². The lowest BCUT2D eigenvalue weighted by molar-refractivity contribution is 0.0847. The molecule has 2 aliphatic rings. The summed E-state index contributed by atoms with van der Waals surface area (Å²) in [5.41, 5.74) is 4.51. The number of pyridine rings is 1. The predicted molar refractivity (Wildman–Crippen MR) is 144 cm³/mol. The van der Waals surface area contributed by atoms with E-state index in [-0.39, 0.29) is 6.09 Å². The number of carbonyl (C=O) groups is 1. The van der Waals surface area contributed by atoms with E-state index < -0.39 is 0 Å². The molecule has 4 heterocycles. The third-order valence-corrected chi connectivity index (χ3v) is 7.85. The summed E-state index contributed by atoms with van der Waals surface area (Å²) < 4.78 is 7.92. The van der Waals surface area contributed by atoms with Crippen LogP contribution in [0.5, 0.6) is 0 Å². The third-order valence-electron chi connectivity index (χ3n) is 7.85. The number of benzene rings is 1. The number of aryl methyl sites for hydroxylation is 2. The highest BCUT2D eigenvalue weighted by atomic mass is 16.6. The summed E-state index contributed by atoms with van der Waals surface area (Å²) in [6.45, 7) is 9.04. The van der Waals surface area contributed by atoms with Gasteiger partial charge in [-0.25, -0.2) is 9.78 Å². The second-order valence-corrected chi connectivity index (χ2v) is 10.4. The Morgan fingerprint density at radius 2 is 1.92 bits per heavy atom. The molecule has 5 rings (SSSR count). The molecule has 1 amide bonds. The molecule has 36 heavy (non-hydrogen) atoms. The standard InChI is InChI=1S/C29H39N5O2/c1-23-19-26-27(11-13-30-28(26)31(23)2)33-16-12-25(20-33)21-34(18-17-32-14-7-4-8-15-32)29(35)36-22-24-9-5-3-6-10-24/h3,5-6,9-11,13,19,25H,4,7-8,12,14-18,20-22H2,1-2H3. The SMILES string of the molecule is Cc1cc2c(N3CCC(CN(CCN4CCCCC4)C(=O)OCc4ccccc4)C3)ccnc2n1C. The number of amides is 1. The Morgan fingerprint density at radius 1 is 1.11 bits per heavy atom. The van der Waals surface area contributed by atoms with Gasteiger partial charge in [-0.1, -0.05) is 36.8 Å². The van der Waals surface area contributed by atoms with Gasteiger partial charge in [0.2, 0.25) is 0 Å². The van der Waals surface area contributed by atoms with Crippen molar-refractivity contribution in [3.8, 4) is 0 Å². The van der Waals surface area contributed by atoms with Gasteiger partial charge in [0.25, 0.3) is 0 Å². The van der Waals surface area contributed by atoms with Crippen LogP contribution in [0, 0.1) is 12.8 Å². The fourth-order valence-electron chi connectivity index (χ4n) is 5.63. The molecule has 2 aliphatic heterocycles. The number of rotatable bonds is 8. The van der Waals surface area contributed by atoms with Crippen molar-refractivity contribution in [2.75, 3.05) is 50.7 Å². The Hall–Kier alpha value is -3.06. The molecule has 7 heteroatoms. The maximum absolute atomic E-state index is 13.2. The number of hydrogen-bond acceptors (Lipinski definition) is 5. The van der Waals surface area contributed by atoms with E-state index in [2.05, 4.69) is 45.5 Å². The first-order valence-corrected chi connectivity index (χ1v) is 13.4. The zero-order valence-electron chi connectivity index (χ0n) is 21.7. The molecule has 0 bridgehead atoms. The van der Waals surface area contributed by atoms with Gasteiger partial charge < -0.3 is 24.0 Å². The van der Waals surface area contributed by atoms with Crippen molar-refractivity contribution in [1.82, 2.24) is 19.4 Å². The quantitative estimate of drug-likeness (QED) is 0.454. The van der Waals surface area contributed by atoms with Crippen LogP contribution in [-0.4, -0.2) is 71.3 Å². The van der Waals surface area contributed by atoms with Gasteiger partial charge in [-0.3, -0.25) is 0 Å². The summed E-state index contributed by atoms with van der Waals surface area (Å²) in [5.74, 6) is 0.420. The van der Waals surface area contributed by atoms with E-state index in [4.69, 9.17) is 4.74 Å². The van der Waals surface area contributed by atoms with Crippen LogP contribution in [0.15, 0.2) is 48.7 Å². The molecule has 1 unspecified atom stereocenters. The molecule has 7 nitrogen and oxygen atoms in total. The number of hydrogen-bond donors (Lipinski definition) is 0. The molecular formula is C29H39N5O2. The van der Waals surface area contributed by atoms with E-state index in [1.165, 1.54) is 36.0 Å². The van der Waals surface area contributed by atoms with Crippen molar-refractivity contribution in [1.29, 1.82) is 0 Å². The van der Waals surface area contributed by atoms with Crippen LogP contribution >= 0.6 is 0 Å². The Morgan fingerprint density at radius 3 is 2.72 bits per heavy atom. The summed E-state index contributed by atoms with van der Waals surface area (Å²) in [4.78, 5) is 24.7. The van der Waals surface area contributed by atoms with Crippen molar-refractivity contribution in [2.45, 2.75) is 39.2 Å². The lowest BCUT2D eigenvalue weighted by Crippen LogP contribution is -2.43. The van der Waals surface area contributed by atoms with Gasteiger partial charge >= 0.3 is 6.09 Å². The van der Waals surface area contributed by atoms with Crippen molar-refractivity contribution in [2.24, 2.45) is 13.0 Å². The van der Waals surface area contributed by atoms with Crippen LogP contribution in [-0.2, 0) is 18.4 Å². The van der Waals surface area contributed by atoms with Crippen LogP contribution in [0.3, 0.4) is 0 Å². The molecule has 0 spiro atoms. The molecule has 3 aromatic rings. The average molecular weight is 490 g/mol. The largest absolute Gasteiger partial charge is 0.445 e. The maximum atomic E-state index is 13.2. The average Bonchev–Trinajstić information content (AvgIpc) is 3.50. The van der Waals surface area contributed by atoms with Crippen LogP contribution in [0.1, 0.15) is 36.9 Å². The highest BCUT2D eigenvalue weighted by Crippen LogP contribution is 2.31. The number of piperidine rings is 1. The van der Waals surface area contributed by atoms with E-state index in [0.29, 0.717) is 12.5 Å². The summed E-state index contributed by atoms with van der Waals surface area (Å²) >= 11 is 0. The summed E-state index contributed by atoms with van der Waals surface area (Å²) in [5, 5.41) is 1.21. The van der Waals surface area contributed by atoms with Gasteiger partial charge in [-0.2, -0.15) is 0 Å². The zero-order valence-corrected chi connectivity index (χ0v) is 21.7. The first-order chi connectivity index (χ1) is 17.6. The van der Waals surface area contributed by atoms with Crippen molar-refractivity contribution in [3.05, 3.63) is 59.9 Å². The Bertz CT molecular complexity index is 1160. The molecule has 0 radical (unpaired) electrons. The minimum Gasteiger partial charge on any atom is -0.445 e. The minimum absolute atomic E-state index is 0.195. The molecule has 0 saturated carbocycles. The number of carbonyl (C=O) groups excluding carboxylic acids is 1. The second kappa shape index (κ2) is 11.3. The molecule has 1 atom stereocenters. The van der Waals surface area contributed by atoms with Gasteiger partial charge in [0.1, 0.15) is 12.3 Å². The van der Waals surface area contributed by atoms with E-state index in [0.717, 1.165) is 63.4 Å². The highest BCUT2D eigenvalue weighted by Gasteiger charge is 2.29. The summed E-state index contributed by atoms with van der Waals surface area (Å²) in [7, 11) is 2.07. The smallest absolute Gasteiger partial charge is 0.410 e. The van der Waals surface area contributed by atoms with E-state index in [1.807, 2.05) is 41.4 Å². The Labute approximate surface area is 214 Å². The number of likely N-dealkylation sites (tertiary alicyclic amines) is 1. The molecule has 192 valence electrons. The normalized spacial score (nSPS) is 18.6. The van der Waals surface area contributed by atoms with Crippen molar-refractivity contribution in [3.63, 3.8) is 0 Å². The van der Waals surface area contributed by atoms with Crippen LogP contribution in [0.25, 0.3) is 11.0 Å². The van der Waals surface area contributed by atoms with E-state index in [1.54, 1.807) is 0 Å². The van der Waals surface area contributed by atoms with Gasteiger partial charge in [-0.15, -0.1) is 0 Å². The number of nitrogens with zero attached hydrogens (tertiary/aromatic N) is 5. The molecule has 2 saturated heterocycles. The molecule has 0 aliphatic carbocycles. The fourth-order valence-corrected chi connectivity index (χ4v) is 5.63. The van der Waals surface area contributed by atoms with Crippen LogP contribution in [0.2, 0.25) is 0 Å². The van der Waals surface area contributed by atoms with Crippen molar-refractivity contribution >= 4 is 22.8 Å². The molecule has 2 aromatic heterocycles. The van der Waals surface area contributed by atoms with Crippen molar-refractivity contribution < 1.29 is 9.53 Å². The monoisotopic (exact) mass is 489 g/mol. The first kappa shape index (κ1) is 24.6. The van der Waals surface area contributed by atoms with E-state index in [9.17, 15) is 4.79 Å². The minimum atomic E-state index is -0.195. The molecular weight excluding hydrogens is 450 g/mol. The Kier molecular flexibility index (Phi) is 7.75. The third kappa shape index (κ3) is 5.67. The lowest BCUT2D eigenvalue weighted by atomic mass is 10.1. The zero-order chi connectivity index (χ0) is 24.9.